The fourth-order valence-corrected chi connectivity index (χ4v) is 3.88. The van der Waals surface area contributed by atoms with Crippen LogP contribution in [0.25, 0.3) is 0 Å². The topological polar surface area (TPSA) is 298 Å². The summed E-state index contributed by atoms with van der Waals surface area (Å²) in [7, 11) is 0. The quantitative estimate of drug-likeness (QED) is 0.0338. The van der Waals surface area contributed by atoms with E-state index in [1.165, 1.54) is 24.3 Å². The Labute approximate surface area is 264 Å². The molecule has 4 amide bonds. The lowest BCUT2D eigenvalue weighted by molar-refractivity contribution is -0.384. The molecule has 0 fully saturated rings. The average molecular weight is 642 g/mol. The first kappa shape index (κ1) is 36.3. The Bertz CT molecular complexity index is 1380. The molecule has 2 atom stereocenters. The van der Waals surface area contributed by atoms with Crippen molar-refractivity contribution in [2.75, 3.05) is 25.0 Å². The van der Waals surface area contributed by atoms with Crippen LogP contribution in [-0.4, -0.2) is 72.4 Å². The van der Waals surface area contributed by atoms with Gasteiger partial charge in [-0.05, 0) is 43.4 Å². The van der Waals surface area contributed by atoms with E-state index in [4.69, 9.17) is 27.7 Å². The molecular formula is C28H39N11O7. The summed E-state index contributed by atoms with van der Waals surface area (Å²) in [6.07, 6.45) is 0.0317. The molecule has 248 valence electrons. The van der Waals surface area contributed by atoms with Crippen LogP contribution in [0, 0.1) is 10.1 Å². The molecule has 0 aromatic heterocycles. The first-order valence-electron chi connectivity index (χ1n) is 14.1. The number of ether oxygens (including phenoxy) is 1. The molecule has 0 aliphatic rings. The third-order valence-electron chi connectivity index (χ3n) is 6.13. The number of carbonyl (C=O) groups excluding carboxylic acids is 4. The lowest BCUT2D eigenvalue weighted by Crippen LogP contribution is -2.51. The minimum Gasteiger partial charge on any atom is -0.445 e. The third kappa shape index (κ3) is 14.5. The molecule has 0 heterocycles. The van der Waals surface area contributed by atoms with Crippen molar-refractivity contribution in [3.05, 3.63) is 70.3 Å². The number of aliphatic imine (C=N–C) groups is 2. The smallest absolute Gasteiger partial charge is 0.408 e. The van der Waals surface area contributed by atoms with Gasteiger partial charge in [0.25, 0.3) is 5.69 Å². The van der Waals surface area contributed by atoms with Crippen LogP contribution in [0.4, 0.5) is 16.2 Å². The molecule has 2 rings (SSSR count). The van der Waals surface area contributed by atoms with Crippen LogP contribution in [0.15, 0.2) is 64.6 Å². The van der Waals surface area contributed by atoms with Crippen molar-refractivity contribution >= 4 is 47.1 Å². The summed E-state index contributed by atoms with van der Waals surface area (Å²) in [5, 5.41) is 21.0. The van der Waals surface area contributed by atoms with Crippen molar-refractivity contribution in [1.82, 2.24) is 16.0 Å². The maximum absolute atomic E-state index is 13.0. The van der Waals surface area contributed by atoms with Crippen molar-refractivity contribution in [2.45, 2.75) is 44.4 Å². The highest BCUT2D eigenvalue weighted by Crippen LogP contribution is 2.16. The number of guanidine groups is 2. The number of rotatable bonds is 18. The molecule has 0 saturated carbocycles. The molecular weight excluding hydrogens is 602 g/mol. The Hall–Kier alpha value is -5.94. The first-order valence-corrected chi connectivity index (χ1v) is 14.1. The number of nitrogens with one attached hydrogen (secondary N) is 4. The van der Waals surface area contributed by atoms with Gasteiger partial charge in [-0.15, -0.1) is 0 Å². The van der Waals surface area contributed by atoms with Crippen LogP contribution in [0.5, 0.6) is 0 Å². The normalized spacial score (nSPS) is 11.6. The Balaban J connectivity index is 2.01. The second-order valence-corrected chi connectivity index (χ2v) is 9.79. The standard InChI is InChI=1S/C28H39N11O7/c29-26(30)33-14-4-8-21(38-28(43)46-17-18-6-2-1-3-7-18)24(41)35-16-23(40)37-22(9-5-15-34-27(31)32)25(42)36-19-10-12-20(13-11-19)39(44)45/h1-3,6-7,10-13,21-22H,4-5,8-9,14-17H2,(H,35,41)(H,36,42)(H,37,40)(H,38,43)(H4,29,30,33)(H4,31,32,34)/t21-,22+/m0/s1. The van der Waals surface area contributed by atoms with Gasteiger partial charge < -0.3 is 48.9 Å². The number of nitrogens with zero attached hydrogens (tertiary/aromatic N) is 3. The number of alkyl carbamates (subject to hydrolysis) is 1. The monoisotopic (exact) mass is 641 g/mol. The van der Waals surface area contributed by atoms with Gasteiger partial charge in [0.15, 0.2) is 11.9 Å². The summed E-state index contributed by atoms with van der Waals surface area (Å²) in [5.74, 6) is -2.26. The molecule has 0 saturated heterocycles. The molecule has 0 bridgehead atoms. The highest BCUT2D eigenvalue weighted by Gasteiger charge is 2.24. The number of benzene rings is 2. The van der Waals surface area contributed by atoms with Gasteiger partial charge in [0, 0.05) is 30.9 Å². The van der Waals surface area contributed by atoms with E-state index in [0.717, 1.165) is 5.56 Å². The molecule has 2 aromatic carbocycles. The number of non-ortho nitro benzene ring substituents is 1. The molecule has 46 heavy (non-hydrogen) atoms. The second kappa shape index (κ2) is 19.4. The van der Waals surface area contributed by atoms with E-state index < -0.39 is 47.4 Å². The van der Waals surface area contributed by atoms with Crippen LogP contribution in [-0.2, 0) is 25.7 Å². The molecule has 18 nitrogen and oxygen atoms in total. The zero-order valence-electron chi connectivity index (χ0n) is 25.0. The summed E-state index contributed by atoms with van der Waals surface area (Å²) in [6.45, 7) is -0.175. The van der Waals surface area contributed by atoms with Gasteiger partial charge >= 0.3 is 6.09 Å². The Morgan fingerprint density at radius 3 is 1.91 bits per heavy atom. The van der Waals surface area contributed by atoms with Crippen molar-refractivity contribution in [3.63, 3.8) is 0 Å². The SMILES string of the molecule is NC(N)=NCCC[C@H](NC(=O)OCc1ccccc1)C(=O)NCC(=O)N[C@H](CCCN=C(N)N)C(=O)Nc1ccc([N+](=O)[O-])cc1. The molecule has 0 unspecified atom stereocenters. The Morgan fingerprint density at radius 1 is 0.804 bits per heavy atom. The molecule has 0 spiro atoms. The number of hydrogen-bond acceptors (Lipinski definition) is 9. The van der Waals surface area contributed by atoms with E-state index in [1.807, 2.05) is 6.07 Å². The van der Waals surface area contributed by atoms with Crippen molar-refractivity contribution in [2.24, 2.45) is 32.9 Å². The predicted octanol–water partition coefficient (Wildman–Crippen LogP) is -0.463. The Morgan fingerprint density at radius 2 is 1.37 bits per heavy atom. The van der Waals surface area contributed by atoms with Crippen LogP contribution in [0.2, 0.25) is 0 Å². The van der Waals surface area contributed by atoms with Gasteiger partial charge in [-0.25, -0.2) is 4.79 Å². The van der Waals surface area contributed by atoms with E-state index >= 15 is 0 Å². The van der Waals surface area contributed by atoms with Crippen molar-refractivity contribution in [1.29, 1.82) is 0 Å². The zero-order chi connectivity index (χ0) is 33.9. The lowest BCUT2D eigenvalue weighted by atomic mass is 10.1. The molecule has 2 aromatic rings. The first-order chi connectivity index (χ1) is 21.9. The van der Waals surface area contributed by atoms with Gasteiger partial charge in [0.2, 0.25) is 17.7 Å². The zero-order valence-corrected chi connectivity index (χ0v) is 25.0. The number of nitrogens with two attached hydrogens (primary N) is 4. The van der Waals surface area contributed by atoms with E-state index in [1.54, 1.807) is 24.3 Å². The summed E-state index contributed by atoms with van der Waals surface area (Å²) in [4.78, 5) is 69.3. The maximum Gasteiger partial charge on any atom is 0.408 e. The van der Waals surface area contributed by atoms with Gasteiger partial charge in [-0.3, -0.25) is 34.5 Å². The number of carbonyl (C=O) groups is 4. The molecule has 0 aliphatic heterocycles. The fraction of sp³-hybridized carbons (Fsp3) is 0.357. The van der Waals surface area contributed by atoms with Gasteiger partial charge in [0.1, 0.15) is 18.7 Å². The average Bonchev–Trinajstić information content (AvgIpc) is 3.02. The molecule has 12 N–H and O–H groups in total. The number of nitro benzene ring substituents is 1. The van der Waals surface area contributed by atoms with Gasteiger partial charge in [0.05, 0.1) is 11.5 Å². The second-order valence-electron chi connectivity index (χ2n) is 9.79. The van der Waals surface area contributed by atoms with Crippen LogP contribution in [0.3, 0.4) is 0 Å². The maximum atomic E-state index is 13.0. The van der Waals surface area contributed by atoms with E-state index in [0.29, 0.717) is 12.8 Å². The molecule has 18 heteroatoms. The predicted molar refractivity (Wildman–Crippen MR) is 170 cm³/mol. The molecule has 0 radical (unpaired) electrons. The van der Waals surface area contributed by atoms with Crippen LogP contribution >= 0.6 is 0 Å². The Kier molecular flexibility index (Phi) is 15.3. The number of amides is 4. The molecule has 0 aliphatic carbocycles. The fourth-order valence-electron chi connectivity index (χ4n) is 3.88. The van der Waals surface area contributed by atoms with Crippen LogP contribution < -0.4 is 44.2 Å². The number of anilines is 1. The van der Waals surface area contributed by atoms with E-state index in [2.05, 4.69) is 31.3 Å². The summed E-state index contributed by atoms with van der Waals surface area (Å²) >= 11 is 0. The highest BCUT2D eigenvalue weighted by atomic mass is 16.6. The highest BCUT2D eigenvalue weighted by molar-refractivity contribution is 5.98. The van der Waals surface area contributed by atoms with Gasteiger partial charge in [-0.2, -0.15) is 0 Å². The van der Waals surface area contributed by atoms with Crippen molar-refractivity contribution in [3.8, 4) is 0 Å². The minimum absolute atomic E-state index is 0.0239. The van der Waals surface area contributed by atoms with Crippen LogP contribution in [0.1, 0.15) is 31.2 Å². The third-order valence-corrected chi connectivity index (χ3v) is 6.13. The van der Waals surface area contributed by atoms with E-state index in [9.17, 15) is 29.3 Å². The minimum atomic E-state index is -1.09. The summed E-state index contributed by atoms with van der Waals surface area (Å²) in [5.41, 5.74) is 22.2. The van der Waals surface area contributed by atoms with Crippen molar-refractivity contribution < 1.29 is 28.8 Å². The number of hydrogen-bond donors (Lipinski definition) is 8. The largest absolute Gasteiger partial charge is 0.445 e. The lowest BCUT2D eigenvalue weighted by Gasteiger charge is -2.20. The summed E-state index contributed by atoms with van der Waals surface area (Å²) in [6, 6.07) is 11.9. The van der Waals surface area contributed by atoms with E-state index in [-0.39, 0.29) is 55.8 Å². The summed E-state index contributed by atoms with van der Waals surface area (Å²) < 4.78 is 5.21. The number of nitro groups is 1. The van der Waals surface area contributed by atoms with Gasteiger partial charge in [-0.1, -0.05) is 30.3 Å².